The predicted molar refractivity (Wildman–Crippen MR) is 84.5 cm³/mol. The Bertz CT molecular complexity index is 509. The summed E-state index contributed by atoms with van der Waals surface area (Å²) in [5.74, 6) is 0.0283. The first-order valence-corrected chi connectivity index (χ1v) is 7.15. The first-order chi connectivity index (χ1) is 8.69. The highest BCUT2D eigenvalue weighted by Crippen LogP contribution is 2.32. The van der Waals surface area contributed by atoms with E-state index < -0.39 is 0 Å². The molecule has 1 rings (SSSR count). The Labute approximate surface area is 129 Å². The van der Waals surface area contributed by atoms with Crippen molar-refractivity contribution in [2.45, 2.75) is 26.3 Å². The third kappa shape index (κ3) is 5.61. The van der Waals surface area contributed by atoms with Gasteiger partial charge in [-0.05, 0) is 64.8 Å². The van der Waals surface area contributed by atoms with Crippen molar-refractivity contribution in [3.63, 3.8) is 0 Å². The second-order valence-corrected chi connectivity index (χ2v) is 6.55. The van der Waals surface area contributed by atoms with Gasteiger partial charge in [-0.25, -0.2) is 9.79 Å². The van der Waals surface area contributed by atoms with Crippen LogP contribution in [0.25, 0.3) is 0 Å². The fourth-order valence-corrected chi connectivity index (χ4v) is 1.93. The molecule has 0 fully saturated rings. The highest BCUT2D eigenvalue weighted by Gasteiger charge is 2.14. The number of hydrogen-bond acceptors (Lipinski definition) is 2. The molecule has 4 N–H and O–H groups in total. The number of benzene rings is 1. The van der Waals surface area contributed by atoms with E-state index in [0.29, 0.717) is 5.69 Å². The maximum Gasteiger partial charge on any atom is 0.321 e. The second kappa shape index (κ2) is 6.38. The molecule has 2 amide bonds. The van der Waals surface area contributed by atoms with Gasteiger partial charge in [0.25, 0.3) is 0 Å². The van der Waals surface area contributed by atoms with E-state index in [1.807, 2.05) is 32.9 Å². The summed E-state index contributed by atoms with van der Waals surface area (Å²) in [6, 6.07) is 5.10. The molecule has 0 heterocycles. The summed E-state index contributed by atoms with van der Waals surface area (Å²) in [4.78, 5) is 15.7. The number of aliphatic imine (C=N–C) groups is 1. The van der Waals surface area contributed by atoms with Gasteiger partial charge in [0, 0.05) is 10.0 Å². The molecule has 0 saturated carbocycles. The molecule has 0 unspecified atom stereocenters. The Morgan fingerprint density at radius 2 is 1.95 bits per heavy atom. The third-order valence-corrected chi connectivity index (χ3v) is 3.93. The molecule has 0 aromatic heterocycles. The SMILES string of the molecule is CC(C)(C)NC(=O)NC(N)=Nc1cccc(Br)c1Br. The summed E-state index contributed by atoms with van der Waals surface area (Å²) in [5, 5.41) is 5.20. The van der Waals surface area contributed by atoms with E-state index in [1.54, 1.807) is 6.07 Å². The normalized spacial score (nSPS) is 12.2. The summed E-state index contributed by atoms with van der Waals surface area (Å²) >= 11 is 6.76. The van der Waals surface area contributed by atoms with Crippen LogP contribution < -0.4 is 16.4 Å². The van der Waals surface area contributed by atoms with Gasteiger partial charge in [0.1, 0.15) is 0 Å². The lowest BCUT2D eigenvalue weighted by Gasteiger charge is -2.20. The smallest absolute Gasteiger partial charge is 0.321 e. The minimum Gasteiger partial charge on any atom is -0.369 e. The molecule has 104 valence electrons. The number of nitrogens with zero attached hydrogens (tertiary/aromatic N) is 1. The predicted octanol–water partition coefficient (Wildman–Crippen LogP) is 3.26. The summed E-state index contributed by atoms with van der Waals surface area (Å²) in [5.41, 5.74) is 5.98. The Morgan fingerprint density at radius 3 is 2.53 bits per heavy atom. The molecule has 0 radical (unpaired) electrons. The highest BCUT2D eigenvalue weighted by atomic mass is 79.9. The Morgan fingerprint density at radius 1 is 1.32 bits per heavy atom. The lowest BCUT2D eigenvalue weighted by Crippen LogP contribution is -2.50. The lowest BCUT2D eigenvalue weighted by molar-refractivity contribution is 0.236. The highest BCUT2D eigenvalue weighted by molar-refractivity contribution is 9.13. The van der Waals surface area contributed by atoms with Gasteiger partial charge < -0.3 is 11.1 Å². The maximum atomic E-state index is 11.6. The quantitative estimate of drug-likeness (QED) is 0.507. The van der Waals surface area contributed by atoms with Crippen molar-refractivity contribution in [1.29, 1.82) is 0 Å². The molecule has 19 heavy (non-hydrogen) atoms. The van der Waals surface area contributed by atoms with E-state index >= 15 is 0 Å². The molecule has 5 nitrogen and oxygen atoms in total. The van der Waals surface area contributed by atoms with Crippen LogP contribution in [0, 0.1) is 0 Å². The zero-order valence-electron chi connectivity index (χ0n) is 10.9. The topological polar surface area (TPSA) is 79.5 Å². The number of nitrogens with two attached hydrogens (primary N) is 1. The van der Waals surface area contributed by atoms with E-state index in [9.17, 15) is 4.79 Å². The minimum absolute atomic E-state index is 0.0283. The van der Waals surface area contributed by atoms with Crippen molar-refractivity contribution >= 4 is 49.5 Å². The molecule has 0 spiro atoms. The first-order valence-electron chi connectivity index (χ1n) is 5.56. The molecule has 0 aliphatic carbocycles. The monoisotopic (exact) mass is 390 g/mol. The van der Waals surface area contributed by atoms with Gasteiger partial charge in [-0.15, -0.1) is 0 Å². The van der Waals surface area contributed by atoms with E-state index in [4.69, 9.17) is 5.73 Å². The number of halogens is 2. The number of hydrogen-bond donors (Lipinski definition) is 3. The minimum atomic E-state index is -0.389. The van der Waals surface area contributed by atoms with E-state index in [1.165, 1.54) is 0 Å². The zero-order valence-corrected chi connectivity index (χ0v) is 14.1. The Balaban J connectivity index is 2.78. The van der Waals surface area contributed by atoms with E-state index in [-0.39, 0.29) is 17.5 Å². The van der Waals surface area contributed by atoms with Crippen molar-refractivity contribution in [1.82, 2.24) is 10.6 Å². The van der Waals surface area contributed by atoms with Gasteiger partial charge in [-0.1, -0.05) is 6.07 Å². The molecule has 7 heteroatoms. The van der Waals surface area contributed by atoms with Crippen LogP contribution in [0.4, 0.5) is 10.5 Å². The van der Waals surface area contributed by atoms with Crippen molar-refractivity contribution in [2.24, 2.45) is 10.7 Å². The average molecular weight is 392 g/mol. The zero-order chi connectivity index (χ0) is 14.6. The van der Waals surface area contributed by atoms with Crippen LogP contribution in [0.1, 0.15) is 20.8 Å². The van der Waals surface area contributed by atoms with Crippen LogP contribution >= 0.6 is 31.9 Å². The van der Waals surface area contributed by atoms with Gasteiger partial charge in [0.2, 0.25) is 5.96 Å². The van der Waals surface area contributed by atoms with Gasteiger partial charge in [0.05, 0.1) is 10.2 Å². The number of nitrogens with one attached hydrogen (secondary N) is 2. The number of guanidine groups is 1. The fraction of sp³-hybridized carbons (Fsp3) is 0.333. The van der Waals surface area contributed by atoms with E-state index in [0.717, 1.165) is 8.95 Å². The van der Waals surface area contributed by atoms with Crippen molar-refractivity contribution in [3.05, 3.63) is 27.1 Å². The molecular formula is C12H16Br2N4O. The Kier molecular flexibility index (Phi) is 5.37. The average Bonchev–Trinajstić information content (AvgIpc) is 2.21. The van der Waals surface area contributed by atoms with E-state index in [2.05, 4.69) is 47.5 Å². The third-order valence-electron chi connectivity index (χ3n) is 1.90. The van der Waals surface area contributed by atoms with Crippen molar-refractivity contribution < 1.29 is 4.79 Å². The number of carbonyl (C=O) groups is 1. The van der Waals surface area contributed by atoms with Gasteiger partial charge in [0.15, 0.2) is 0 Å². The number of carbonyl (C=O) groups excluding carboxylic acids is 1. The molecule has 1 aromatic rings. The van der Waals surface area contributed by atoms with Crippen LogP contribution in [0.15, 0.2) is 32.1 Å². The molecule has 0 atom stereocenters. The fourth-order valence-electron chi connectivity index (χ4n) is 1.22. The Hall–Kier alpha value is -1.08. The van der Waals surface area contributed by atoms with Crippen molar-refractivity contribution in [3.8, 4) is 0 Å². The standard InChI is InChI=1S/C12H16Br2N4O/c1-12(2,3)18-11(19)17-10(15)16-8-6-4-5-7(13)9(8)14/h4-6H,1-3H3,(H4,15,16,17,18,19). The second-order valence-electron chi connectivity index (χ2n) is 4.90. The molecule has 0 aliphatic rings. The number of amides is 2. The summed E-state index contributed by atoms with van der Waals surface area (Å²) in [6.07, 6.45) is 0. The van der Waals surface area contributed by atoms with Crippen LogP contribution in [0.5, 0.6) is 0 Å². The summed E-state index contributed by atoms with van der Waals surface area (Å²) < 4.78 is 1.64. The van der Waals surface area contributed by atoms with Crippen LogP contribution in [0.2, 0.25) is 0 Å². The van der Waals surface area contributed by atoms with Gasteiger partial charge in [-0.3, -0.25) is 5.32 Å². The van der Waals surface area contributed by atoms with Crippen molar-refractivity contribution in [2.75, 3.05) is 0 Å². The number of urea groups is 1. The molecular weight excluding hydrogens is 376 g/mol. The summed E-state index contributed by atoms with van der Waals surface area (Å²) in [7, 11) is 0. The van der Waals surface area contributed by atoms with Crippen LogP contribution in [-0.4, -0.2) is 17.5 Å². The molecule has 1 aromatic carbocycles. The van der Waals surface area contributed by atoms with Crippen LogP contribution in [0.3, 0.4) is 0 Å². The molecule has 0 bridgehead atoms. The van der Waals surface area contributed by atoms with Crippen LogP contribution in [-0.2, 0) is 0 Å². The maximum absolute atomic E-state index is 11.6. The van der Waals surface area contributed by atoms with Gasteiger partial charge in [-0.2, -0.15) is 0 Å². The molecule has 0 saturated heterocycles. The first kappa shape index (κ1) is 16.0. The summed E-state index contributed by atoms with van der Waals surface area (Å²) in [6.45, 7) is 5.64. The van der Waals surface area contributed by atoms with Gasteiger partial charge >= 0.3 is 6.03 Å². The number of rotatable bonds is 1. The largest absolute Gasteiger partial charge is 0.369 e. The lowest BCUT2D eigenvalue weighted by atomic mass is 10.1. The molecule has 0 aliphatic heterocycles.